The van der Waals surface area contributed by atoms with Crippen LogP contribution in [0.15, 0.2) is 18.2 Å². The molecule has 1 aromatic carbocycles. The van der Waals surface area contributed by atoms with Crippen molar-refractivity contribution in [3.63, 3.8) is 0 Å². The molecule has 0 aliphatic rings. The van der Waals surface area contributed by atoms with Gasteiger partial charge in [-0.15, -0.1) is 0 Å². The van der Waals surface area contributed by atoms with Crippen LogP contribution in [-0.2, 0) is 6.18 Å². The van der Waals surface area contributed by atoms with Crippen molar-refractivity contribution >= 4 is 5.69 Å². The van der Waals surface area contributed by atoms with Crippen molar-refractivity contribution in [1.29, 1.82) is 5.26 Å². The number of aliphatic hydroxyl groups excluding tert-OH is 1. The molecule has 0 saturated heterocycles. The molecule has 17 heavy (non-hydrogen) atoms. The molecule has 0 fully saturated rings. The lowest BCUT2D eigenvalue weighted by Crippen LogP contribution is -2.20. The quantitative estimate of drug-likeness (QED) is 0.858. The Kier molecular flexibility index (Phi) is 3.97. The van der Waals surface area contributed by atoms with Crippen LogP contribution in [0.4, 0.5) is 18.9 Å². The summed E-state index contributed by atoms with van der Waals surface area (Å²) in [5.41, 5.74) is -0.682. The van der Waals surface area contributed by atoms with Gasteiger partial charge in [-0.2, -0.15) is 18.4 Å². The maximum absolute atomic E-state index is 12.4. The van der Waals surface area contributed by atoms with E-state index < -0.39 is 11.7 Å². The molecule has 0 amide bonds. The van der Waals surface area contributed by atoms with E-state index in [2.05, 4.69) is 5.32 Å². The summed E-state index contributed by atoms with van der Waals surface area (Å²) in [6.45, 7) is 1.48. The van der Waals surface area contributed by atoms with Gasteiger partial charge in [-0.1, -0.05) is 0 Å². The number of alkyl halides is 3. The molecule has 0 saturated carbocycles. The Balaban J connectivity index is 3.07. The molecule has 6 heteroatoms. The molecular formula is C11H11F3N2O. The first-order valence-electron chi connectivity index (χ1n) is 4.87. The molecule has 92 valence electrons. The lowest BCUT2D eigenvalue weighted by Gasteiger charge is -2.15. The van der Waals surface area contributed by atoms with E-state index in [-0.39, 0.29) is 23.9 Å². The van der Waals surface area contributed by atoms with Gasteiger partial charge in [-0.3, -0.25) is 0 Å². The van der Waals surface area contributed by atoms with Gasteiger partial charge in [0.15, 0.2) is 0 Å². The molecule has 0 spiro atoms. The predicted molar refractivity (Wildman–Crippen MR) is 56.3 cm³/mol. The van der Waals surface area contributed by atoms with E-state index in [0.717, 1.165) is 12.1 Å². The zero-order chi connectivity index (χ0) is 13.1. The Hall–Kier alpha value is -1.74. The first-order chi connectivity index (χ1) is 7.88. The first kappa shape index (κ1) is 13.3. The van der Waals surface area contributed by atoms with E-state index in [4.69, 9.17) is 10.4 Å². The largest absolute Gasteiger partial charge is 0.416 e. The third-order valence-corrected chi connectivity index (χ3v) is 2.14. The summed E-state index contributed by atoms with van der Waals surface area (Å²) in [5, 5.41) is 20.3. The molecule has 0 heterocycles. The zero-order valence-corrected chi connectivity index (χ0v) is 9.04. The fourth-order valence-corrected chi connectivity index (χ4v) is 1.25. The number of halogens is 3. The maximum Gasteiger partial charge on any atom is 0.416 e. The van der Waals surface area contributed by atoms with Crippen LogP contribution in [0.1, 0.15) is 18.1 Å². The van der Waals surface area contributed by atoms with Gasteiger partial charge >= 0.3 is 6.18 Å². The van der Waals surface area contributed by atoms with Crippen molar-refractivity contribution in [1.82, 2.24) is 0 Å². The molecular weight excluding hydrogens is 233 g/mol. The van der Waals surface area contributed by atoms with Crippen LogP contribution in [0.3, 0.4) is 0 Å². The molecule has 1 rings (SSSR count). The Morgan fingerprint density at radius 3 is 2.59 bits per heavy atom. The van der Waals surface area contributed by atoms with Crippen LogP contribution in [0.25, 0.3) is 0 Å². The van der Waals surface area contributed by atoms with E-state index in [1.54, 1.807) is 13.0 Å². The van der Waals surface area contributed by atoms with E-state index in [1.165, 1.54) is 6.07 Å². The maximum atomic E-state index is 12.4. The van der Waals surface area contributed by atoms with Crippen molar-refractivity contribution < 1.29 is 18.3 Å². The van der Waals surface area contributed by atoms with Gasteiger partial charge < -0.3 is 10.4 Å². The van der Waals surface area contributed by atoms with Gasteiger partial charge in [0.2, 0.25) is 0 Å². The minimum atomic E-state index is -4.47. The fourth-order valence-electron chi connectivity index (χ4n) is 1.25. The topological polar surface area (TPSA) is 56.0 Å². The Morgan fingerprint density at radius 1 is 1.47 bits per heavy atom. The molecule has 0 bridgehead atoms. The van der Waals surface area contributed by atoms with Crippen molar-refractivity contribution in [3.05, 3.63) is 29.3 Å². The lowest BCUT2D eigenvalue weighted by atomic mass is 10.1. The highest BCUT2D eigenvalue weighted by atomic mass is 19.4. The van der Waals surface area contributed by atoms with Crippen LogP contribution in [0.5, 0.6) is 0 Å². The predicted octanol–water partition coefficient (Wildman–Crippen LogP) is 2.37. The van der Waals surface area contributed by atoms with E-state index >= 15 is 0 Å². The van der Waals surface area contributed by atoms with Crippen LogP contribution < -0.4 is 5.32 Å². The minimum Gasteiger partial charge on any atom is -0.394 e. The van der Waals surface area contributed by atoms with Gasteiger partial charge in [0.25, 0.3) is 0 Å². The minimum absolute atomic E-state index is 0.0971. The van der Waals surface area contributed by atoms with E-state index in [9.17, 15) is 13.2 Å². The molecule has 3 nitrogen and oxygen atoms in total. The second-order valence-corrected chi connectivity index (χ2v) is 3.60. The Bertz CT molecular complexity index is 437. The summed E-state index contributed by atoms with van der Waals surface area (Å²) in [4.78, 5) is 0. The SMILES string of the molecule is CC(CO)Nc1ccc(C(F)(F)F)cc1C#N. The molecule has 2 N–H and O–H groups in total. The molecule has 0 aliphatic heterocycles. The summed E-state index contributed by atoms with van der Waals surface area (Å²) in [6.07, 6.45) is -4.47. The summed E-state index contributed by atoms with van der Waals surface area (Å²) in [7, 11) is 0. The number of hydrogen-bond donors (Lipinski definition) is 2. The highest BCUT2D eigenvalue weighted by Crippen LogP contribution is 2.31. The third kappa shape index (κ3) is 3.36. The van der Waals surface area contributed by atoms with Crippen molar-refractivity contribution in [2.45, 2.75) is 19.1 Å². The van der Waals surface area contributed by atoms with Crippen molar-refractivity contribution in [2.24, 2.45) is 0 Å². The molecule has 0 aliphatic carbocycles. The lowest BCUT2D eigenvalue weighted by molar-refractivity contribution is -0.137. The zero-order valence-electron chi connectivity index (χ0n) is 9.04. The van der Waals surface area contributed by atoms with Crippen LogP contribution in [0, 0.1) is 11.3 Å². The van der Waals surface area contributed by atoms with Gasteiger partial charge in [-0.05, 0) is 25.1 Å². The highest BCUT2D eigenvalue weighted by Gasteiger charge is 2.31. The van der Waals surface area contributed by atoms with Gasteiger partial charge in [0, 0.05) is 6.04 Å². The molecule has 0 radical (unpaired) electrons. The van der Waals surface area contributed by atoms with Crippen LogP contribution >= 0.6 is 0 Å². The van der Waals surface area contributed by atoms with Crippen molar-refractivity contribution in [2.75, 3.05) is 11.9 Å². The van der Waals surface area contributed by atoms with Crippen LogP contribution in [-0.4, -0.2) is 17.8 Å². The number of rotatable bonds is 3. The first-order valence-corrected chi connectivity index (χ1v) is 4.87. The molecule has 1 atom stereocenters. The smallest absolute Gasteiger partial charge is 0.394 e. The summed E-state index contributed by atoms with van der Waals surface area (Å²) in [6, 6.07) is 4.23. The standard InChI is InChI=1S/C11H11F3N2O/c1-7(6-17)16-10-3-2-9(11(12,13)14)4-8(10)5-15/h2-4,7,16-17H,6H2,1H3. The number of nitrogens with zero attached hydrogens (tertiary/aromatic N) is 1. The average Bonchev–Trinajstić information content (AvgIpc) is 2.27. The fraction of sp³-hybridized carbons (Fsp3) is 0.364. The second-order valence-electron chi connectivity index (χ2n) is 3.60. The number of nitrogens with one attached hydrogen (secondary N) is 1. The van der Waals surface area contributed by atoms with Gasteiger partial charge in [-0.25, -0.2) is 0 Å². The van der Waals surface area contributed by atoms with E-state index in [1.807, 2.05) is 0 Å². The number of hydrogen-bond acceptors (Lipinski definition) is 3. The second kappa shape index (κ2) is 5.06. The monoisotopic (exact) mass is 244 g/mol. The molecule has 0 aromatic heterocycles. The summed E-state index contributed by atoms with van der Waals surface area (Å²) < 4.78 is 37.2. The molecule has 1 unspecified atom stereocenters. The van der Waals surface area contributed by atoms with Crippen LogP contribution in [0.2, 0.25) is 0 Å². The number of anilines is 1. The molecule has 1 aromatic rings. The number of nitriles is 1. The van der Waals surface area contributed by atoms with E-state index in [0.29, 0.717) is 0 Å². The van der Waals surface area contributed by atoms with Crippen molar-refractivity contribution in [3.8, 4) is 6.07 Å². The number of aliphatic hydroxyl groups is 1. The van der Waals surface area contributed by atoms with Gasteiger partial charge in [0.1, 0.15) is 6.07 Å². The highest BCUT2D eigenvalue weighted by molar-refractivity contribution is 5.59. The summed E-state index contributed by atoms with van der Waals surface area (Å²) in [5.74, 6) is 0. The number of benzene rings is 1. The third-order valence-electron chi connectivity index (χ3n) is 2.14. The van der Waals surface area contributed by atoms with Gasteiger partial charge in [0.05, 0.1) is 23.4 Å². The average molecular weight is 244 g/mol. The Labute approximate surface area is 96.5 Å². The summed E-state index contributed by atoms with van der Waals surface area (Å²) >= 11 is 0. The normalized spacial score (nSPS) is 12.9. The Morgan fingerprint density at radius 2 is 2.12 bits per heavy atom.